The van der Waals surface area contributed by atoms with Crippen LogP contribution in [0.2, 0.25) is 0 Å². The molecule has 142 valence electrons. The molecule has 2 aromatic carbocycles. The van der Waals surface area contributed by atoms with Crippen molar-refractivity contribution in [3.8, 4) is 0 Å². The molecule has 0 bridgehead atoms. The second kappa shape index (κ2) is 8.89. The number of rotatable bonds is 5. The fourth-order valence-electron chi connectivity index (χ4n) is 2.43. The molecule has 0 atom stereocenters. The number of ether oxygens (including phenoxy) is 1. The van der Waals surface area contributed by atoms with E-state index in [1.54, 1.807) is 18.2 Å². The third-order valence-electron chi connectivity index (χ3n) is 3.68. The van der Waals surface area contributed by atoms with Gasteiger partial charge in [0.15, 0.2) is 0 Å². The van der Waals surface area contributed by atoms with Crippen LogP contribution < -0.4 is 0 Å². The molecule has 2 heterocycles. The molecule has 2 aromatic rings. The van der Waals surface area contributed by atoms with E-state index in [9.17, 15) is 0 Å². The Bertz CT molecular complexity index is 1300. The first-order chi connectivity index (χ1) is 18.0. The van der Waals surface area contributed by atoms with E-state index in [-0.39, 0.29) is 40.9 Å². The smallest absolute Gasteiger partial charge is 0.137 e. The topological polar surface area (TPSA) is 48.3 Å². The van der Waals surface area contributed by atoms with Gasteiger partial charge >= 0.3 is 0 Å². The van der Waals surface area contributed by atoms with Crippen LogP contribution in [0.4, 0.5) is 5.69 Å². The summed E-state index contributed by atoms with van der Waals surface area (Å²) in [6.45, 7) is -14.4. The number of aliphatic hydroxyl groups excluding tert-OH is 1. The lowest BCUT2D eigenvalue weighted by atomic mass is 10.1. The van der Waals surface area contributed by atoms with E-state index in [0.717, 1.165) is 11.8 Å². The number of amidine groups is 1. The monoisotopic (exact) mass is 395 g/mol. The molecule has 5 nitrogen and oxygen atoms in total. The third kappa shape index (κ3) is 4.35. The number of hydrogen-bond acceptors (Lipinski definition) is 6. The predicted octanol–water partition coefficient (Wildman–Crippen LogP) is 2.86. The van der Waals surface area contributed by atoms with Crippen LogP contribution in [0.3, 0.4) is 0 Å². The fourth-order valence-corrected chi connectivity index (χ4v) is 3.36. The van der Waals surface area contributed by atoms with Gasteiger partial charge in [0, 0.05) is 53.4 Å². The second-order valence-electron chi connectivity index (χ2n) is 5.48. The van der Waals surface area contributed by atoms with Gasteiger partial charge in [0.2, 0.25) is 0 Å². The van der Waals surface area contributed by atoms with Crippen LogP contribution >= 0.6 is 11.8 Å². The first-order valence-corrected chi connectivity index (χ1v) is 9.08. The Hall–Kier alpha value is -1.86. The molecule has 2 aliphatic heterocycles. The van der Waals surface area contributed by atoms with Crippen LogP contribution in [0.5, 0.6) is 0 Å². The van der Waals surface area contributed by atoms with E-state index in [4.69, 9.17) is 26.3 Å². The van der Waals surface area contributed by atoms with Crippen molar-refractivity contribution in [1.29, 1.82) is 0 Å². The molecule has 0 aromatic heterocycles. The molecule has 0 radical (unpaired) electrons. The molecular formula is C21H25N3O2S. The second-order valence-corrected chi connectivity index (χ2v) is 6.53. The largest absolute Gasteiger partial charge is 0.394 e. The van der Waals surface area contributed by atoms with Crippen molar-refractivity contribution in [3.05, 3.63) is 54.0 Å². The molecule has 2 aliphatic rings. The number of piperazine rings is 1. The van der Waals surface area contributed by atoms with Gasteiger partial charge in [-0.2, -0.15) is 0 Å². The average molecular weight is 396 g/mol. The Morgan fingerprint density at radius 1 is 1.11 bits per heavy atom. The minimum atomic E-state index is -3.32. The quantitative estimate of drug-likeness (QED) is 0.789. The highest BCUT2D eigenvalue weighted by Gasteiger charge is 2.24. The van der Waals surface area contributed by atoms with Gasteiger partial charge in [0.1, 0.15) is 5.84 Å². The molecule has 1 N–H and O–H groups in total. The minimum absolute atomic E-state index is 0.0859. The van der Waals surface area contributed by atoms with Crippen molar-refractivity contribution in [2.45, 2.75) is 9.79 Å². The van der Waals surface area contributed by atoms with E-state index in [1.807, 2.05) is 0 Å². The van der Waals surface area contributed by atoms with Crippen LogP contribution in [-0.2, 0) is 4.74 Å². The van der Waals surface area contributed by atoms with Gasteiger partial charge in [-0.15, -0.1) is 0 Å². The zero-order chi connectivity index (χ0) is 29.1. The van der Waals surface area contributed by atoms with Gasteiger partial charge in [0.05, 0.1) is 36.5 Å². The molecule has 0 spiro atoms. The molecule has 27 heavy (non-hydrogen) atoms. The maximum absolute atomic E-state index is 8.92. The van der Waals surface area contributed by atoms with Crippen molar-refractivity contribution in [1.82, 2.24) is 9.80 Å². The van der Waals surface area contributed by atoms with Crippen LogP contribution in [0.25, 0.3) is 0 Å². The van der Waals surface area contributed by atoms with Crippen LogP contribution in [0.1, 0.15) is 22.0 Å². The van der Waals surface area contributed by atoms with Crippen molar-refractivity contribution in [2.24, 2.45) is 4.99 Å². The molecule has 6 heteroatoms. The zero-order valence-electron chi connectivity index (χ0n) is 26.2. The summed E-state index contributed by atoms with van der Waals surface area (Å²) in [5.41, 5.74) is -0.209. The number of para-hydroxylation sites is 1. The minimum Gasteiger partial charge on any atom is -0.394 e. The van der Waals surface area contributed by atoms with E-state index in [0.29, 0.717) is 9.80 Å². The highest BCUT2D eigenvalue weighted by atomic mass is 32.2. The van der Waals surface area contributed by atoms with Crippen molar-refractivity contribution in [3.63, 3.8) is 0 Å². The summed E-state index contributed by atoms with van der Waals surface area (Å²) in [6, 6.07) is 3.98. The van der Waals surface area contributed by atoms with Crippen molar-refractivity contribution < 1.29 is 26.3 Å². The number of benzene rings is 2. The zero-order valence-corrected chi connectivity index (χ0v) is 15.1. The summed E-state index contributed by atoms with van der Waals surface area (Å²) >= 11 is 0.919. The Morgan fingerprint density at radius 2 is 1.93 bits per heavy atom. The van der Waals surface area contributed by atoms with Crippen LogP contribution in [-0.4, -0.2) is 73.1 Å². The Labute approximate surface area is 181 Å². The van der Waals surface area contributed by atoms with Crippen LogP contribution in [0, 0.1) is 0 Å². The third-order valence-corrected chi connectivity index (χ3v) is 4.76. The predicted molar refractivity (Wildman–Crippen MR) is 109 cm³/mol. The summed E-state index contributed by atoms with van der Waals surface area (Å²) in [6.07, 6.45) is 0. The SMILES string of the molecule is [2H]c1c([2H])c([2H])c2c(c1[2H])Sc1ccccc1N=C2N1C([2H])([2H])C([2H])([2H])N(CCOCCO)C([2H])([2H])C1([2H])[2H]. The molecular weight excluding hydrogens is 358 g/mol. The normalized spacial score (nSPS) is 31.0. The number of aliphatic imine (C=N–C) groups is 1. The molecule has 1 fully saturated rings. The van der Waals surface area contributed by atoms with E-state index < -0.39 is 62.5 Å². The van der Waals surface area contributed by atoms with Crippen molar-refractivity contribution in [2.75, 3.05) is 52.4 Å². The molecule has 0 unspecified atom stereocenters. The summed E-state index contributed by atoms with van der Waals surface area (Å²) in [7, 11) is 0. The number of fused-ring (bicyclic) bond motifs is 2. The van der Waals surface area contributed by atoms with Gasteiger partial charge in [0.25, 0.3) is 0 Å². The number of hydrogen-bond donors (Lipinski definition) is 1. The molecule has 1 saturated heterocycles. The average Bonchev–Trinajstić information content (AvgIpc) is 3.01. The van der Waals surface area contributed by atoms with Gasteiger partial charge in [-0.25, -0.2) is 4.99 Å². The maximum Gasteiger partial charge on any atom is 0.137 e. The molecule has 0 amide bonds. The van der Waals surface area contributed by atoms with Gasteiger partial charge in [-0.3, -0.25) is 4.90 Å². The summed E-state index contributed by atoms with van der Waals surface area (Å²) in [5.74, 6) is -0.673. The van der Waals surface area contributed by atoms with E-state index in [1.165, 1.54) is 6.07 Å². The number of aliphatic hydroxyl groups is 1. The van der Waals surface area contributed by atoms with E-state index >= 15 is 0 Å². The molecule has 4 rings (SSSR count). The molecule has 0 aliphatic carbocycles. The maximum atomic E-state index is 8.92. The summed E-state index contributed by atoms with van der Waals surface area (Å²) in [4.78, 5) is 5.34. The first-order valence-electron chi connectivity index (χ1n) is 14.3. The van der Waals surface area contributed by atoms with Gasteiger partial charge < -0.3 is 14.7 Å². The molecule has 0 saturated carbocycles. The Kier molecular flexibility index (Phi) is 2.99. The standard InChI is InChI=1S/C21H25N3O2S/c25-14-16-26-15-13-23-9-11-24(12-10-23)21-17-5-1-3-7-19(17)27-20-8-4-2-6-18(20)22-21/h1-8,25H,9-16H2/i1D,3D,5D,7D,9D2,10D2,11D2,12D2. The first kappa shape index (κ1) is 9.09. The van der Waals surface area contributed by atoms with E-state index in [2.05, 4.69) is 4.99 Å². The van der Waals surface area contributed by atoms with Gasteiger partial charge in [-0.05, 0) is 18.2 Å². The van der Waals surface area contributed by atoms with Gasteiger partial charge in [-0.1, -0.05) is 42.0 Å². The summed E-state index contributed by atoms with van der Waals surface area (Å²) in [5, 5.41) is 8.92. The highest BCUT2D eigenvalue weighted by Crippen LogP contribution is 2.40. The Balaban J connectivity index is 2.01. The lowest BCUT2D eigenvalue weighted by Crippen LogP contribution is -2.49. The summed E-state index contributed by atoms with van der Waals surface area (Å²) < 4.78 is 108. The van der Waals surface area contributed by atoms with Crippen molar-refractivity contribution >= 4 is 23.3 Å². The lowest BCUT2D eigenvalue weighted by molar-refractivity contribution is 0.0652. The lowest BCUT2D eigenvalue weighted by Gasteiger charge is -2.36. The Morgan fingerprint density at radius 3 is 2.78 bits per heavy atom. The fraction of sp³-hybridized carbons (Fsp3) is 0.381. The highest BCUT2D eigenvalue weighted by molar-refractivity contribution is 7.99. The van der Waals surface area contributed by atoms with Crippen LogP contribution in [0.15, 0.2) is 63.2 Å². The number of nitrogens with zero attached hydrogens (tertiary/aromatic N) is 3.